The minimum Gasteiger partial charge on any atom is -0.244 e. The topological polar surface area (TPSA) is 0 Å². The lowest BCUT2D eigenvalue weighted by Crippen LogP contribution is -2.06. The Kier molecular flexibility index (Phi) is 1.09. The number of allylic oxidation sites excluding steroid dienone is 2. The molecule has 0 unspecified atom stereocenters. The Morgan fingerprint density at radius 1 is 1.43 bits per heavy atom. The third kappa shape index (κ3) is 0.787. The zero-order valence-corrected chi connectivity index (χ0v) is 3.77. The molecule has 0 aromatic rings. The van der Waals surface area contributed by atoms with E-state index in [0.717, 1.165) is 0 Å². The fraction of sp³-hybridized carbons (Fsp3) is 0.600. The summed E-state index contributed by atoms with van der Waals surface area (Å²) in [6, 6.07) is 0. The lowest BCUT2D eigenvalue weighted by molar-refractivity contribution is 0.221. The van der Waals surface area contributed by atoms with Crippen LogP contribution in [0.3, 0.4) is 0 Å². The van der Waals surface area contributed by atoms with Gasteiger partial charge in [0.25, 0.3) is 0 Å². The molecule has 0 aromatic heterocycles. The van der Waals surface area contributed by atoms with E-state index < -0.39 is 12.3 Å². The molecule has 0 aliphatic heterocycles. The average molecular weight is 104 g/mol. The van der Waals surface area contributed by atoms with Crippen LogP contribution in [0.1, 0.15) is 6.42 Å². The Labute approximate surface area is 40.8 Å². The van der Waals surface area contributed by atoms with Gasteiger partial charge in [-0.15, -0.1) is 0 Å². The maximum Gasteiger partial charge on any atom is 0.150 e. The summed E-state index contributed by atoms with van der Waals surface area (Å²) in [7, 11) is 0. The van der Waals surface area contributed by atoms with Gasteiger partial charge in [-0.1, -0.05) is 12.2 Å². The van der Waals surface area contributed by atoms with Crippen LogP contribution in [0.25, 0.3) is 0 Å². The van der Waals surface area contributed by atoms with Gasteiger partial charge in [0.15, 0.2) is 0 Å². The summed E-state index contributed by atoms with van der Waals surface area (Å²) in [6.45, 7) is 0. The summed E-state index contributed by atoms with van der Waals surface area (Å²) in [5, 5.41) is 0. The lowest BCUT2D eigenvalue weighted by Gasteiger charge is -1.96. The van der Waals surface area contributed by atoms with Crippen molar-refractivity contribution in [2.24, 2.45) is 0 Å². The molecule has 0 heterocycles. The van der Waals surface area contributed by atoms with Crippen molar-refractivity contribution in [2.75, 3.05) is 0 Å². The van der Waals surface area contributed by atoms with Gasteiger partial charge >= 0.3 is 0 Å². The fourth-order valence-electron chi connectivity index (χ4n) is 0.589. The quantitative estimate of drug-likeness (QED) is 0.410. The highest BCUT2D eigenvalue weighted by atomic mass is 19.2. The maximum absolute atomic E-state index is 11.9. The van der Waals surface area contributed by atoms with Crippen molar-refractivity contribution >= 4 is 0 Å². The van der Waals surface area contributed by atoms with Crippen LogP contribution in [-0.2, 0) is 0 Å². The highest BCUT2D eigenvalue weighted by Gasteiger charge is 2.20. The summed E-state index contributed by atoms with van der Waals surface area (Å²) in [5.74, 6) is 0. The van der Waals surface area contributed by atoms with Crippen LogP contribution in [0.2, 0.25) is 0 Å². The van der Waals surface area contributed by atoms with Crippen molar-refractivity contribution in [3.63, 3.8) is 0 Å². The van der Waals surface area contributed by atoms with Gasteiger partial charge in [-0.3, -0.25) is 0 Å². The Bertz CT molecular complexity index is 88.1. The van der Waals surface area contributed by atoms with Gasteiger partial charge in [0, 0.05) is 0 Å². The second-order valence-electron chi connectivity index (χ2n) is 1.62. The maximum atomic E-state index is 11.9. The van der Waals surface area contributed by atoms with E-state index in [4.69, 9.17) is 0 Å². The largest absolute Gasteiger partial charge is 0.244 e. The number of hydrogen-bond donors (Lipinski definition) is 0. The summed E-state index contributed by atoms with van der Waals surface area (Å²) in [4.78, 5) is 0. The molecule has 40 valence electrons. The first-order valence-corrected chi connectivity index (χ1v) is 2.25. The van der Waals surface area contributed by atoms with Gasteiger partial charge in [-0.25, -0.2) is 8.78 Å². The Hall–Kier alpha value is -0.400. The Morgan fingerprint density at radius 2 is 2.14 bits per heavy atom. The summed E-state index contributed by atoms with van der Waals surface area (Å²) >= 11 is 0. The minimum absolute atomic E-state index is 0.251. The highest BCUT2D eigenvalue weighted by molar-refractivity contribution is 5.02. The third-order valence-corrected chi connectivity index (χ3v) is 1.03. The van der Waals surface area contributed by atoms with Crippen LogP contribution in [0.4, 0.5) is 8.78 Å². The van der Waals surface area contributed by atoms with Crippen molar-refractivity contribution in [1.29, 1.82) is 0 Å². The van der Waals surface area contributed by atoms with E-state index in [1.807, 2.05) is 0 Å². The van der Waals surface area contributed by atoms with Gasteiger partial charge in [0.05, 0.1) is 0 Å². The van der Waals surface area contributed by atoms with Gasteiger partial charge in [-0.2, -0.15) is 0 Å². The van der Waals surface area contributed by atoms with Crippen molar-refractivity contribution in [3.8, 4) is 0 Å². The van der Waals surface area contributed by atoms with Gasteiger partial charge < -0.3 is 0 Å². The molecule has 0 aromatic carbocycles. The summed E-state index contributed by atoms with van der Waals surface area (Å²) < 4.78 is 23.7. The molecule has 0 bridgehead atoms. The number of halogens is 2. The van der Waals surface area contributed by atoms with Crippen molar-refractivity contribution < 1.29 is 8.78 Å². The summed E-state index contributed by atoms with van der Waals surface area (Å²) in [6.07, 6.45) is 0.432. The van der Waals surface area contributed by atoms with Crippen LogP contribution in [0, 0.1) is 0 Å². The van der Waals surface area contributed by atoms with Crippen LogP contribution < -0.4 is 0 Å². The second-order valence-corrected chi connectivity index (χ2v) is 1.62. The molecule has 2 heteroatoms. The second kappa shape index (κ2) is 1.60. The molecule has 0 saturated carbocycles. The zero-order valence-electron chi connectivity index (χ0n) is 3.77. The number of rotatable bonds is 0. The van der Waals surface area contributed by atoms with Gasteiger partial charge in [0.1, 0.15) is 12.3 Å². The van der Waals surface area contributed by atoms with Crippen LogP contribution in [-0.4, -0.2) is 12.3 Å². The molecule has 0 nitrogen and oxygen atoms in total. The average Bonchev–Trinajstić information content (AvgIpc) is 1.91. The summed E-state index contributed by atoms with van der Waals surface area (Å²) in [5.41, 5.74) is 0. The normalized spacial score (nSPS) is 39.7. The van der Waals surface area contributed by atoms with Crippen LogP contribution in [0.15, 0.2) is 12.2 Å². The van der Waals surface area contributed by atoms with Crippen molar-refractivity contribution in [1.82, 2.24) is 0 Å². The van der Waals surface area contributed by atoms with Crippen LogP contribution in [0.5, 0.6) is 0 Å². The molecule has 1 rings (SSSR count). The Balaban J connectivity index is 2.45. The lowest BCUT2D eigenvalue weighted by atomic mass is 10.3. The molecule has 0 amide bonds. The van der Waals surface area contributed by atoms with Gasteiger partial charge in [-0.05, 0) is 6.42 Å². The first kappa shape index (κ1) is 4.75. The van der Waals surface area contributed by atoms with E-state index in [9.17, 15) is 8.78 Å². The molecule has 0 fully saturated rings. The van der Waals surface area contributed by atoms with Gasteiger partial charge in [0.2, 0.25) is 0 Å². The zero-order chi connectivity index (χ0) is 5.28. The number of hydrogen-bond acceptors (Lipinski definition) is 0. The first-order chi connectivity index (χ1) is 3.30. The van der Waals surface area contributed by atoms with E-state index in [1.54, 1.807) is 0 Å². The molecular weight excluding hydrogens is 98.1 g/mol. The molecule has 0 radical (unpaired) electrons. The SMILES string of the molecule is F[C@@H]1C=CC[C@@H]1F. The van der Waals surface area contributed by atoms with Crippen molar-refractivity contribution in [2.45, 2.75) is 18.8 Å². The molecule has 0 N–H and O–H groups in total. The molecule has 0 spiro atoms. The minimum atomic E-state index is -1.33. The molecule has 1 aliphatic carbocycles. The molecule has 0 saturated heterocycles. The molecule has 2 atom stereocenters. The van der Waals surface area contributed by atoms with E-state index in [2.05, 4.69) is 0 Å². The van der Waals surface area contributed by atoms with E-state index in [-0.39, 0.29) is 6.42 Å². The number of alkyl halides is 2. The molecule has 1 aliphatic rings. The van der Waals surface area contributed by atoms with Crippen molar-refractivity contribution in [3.05, 3.63) is 12.2 Å². The monoisotopic (exact) mass is 104 g/mol. The Morgan fingerprint density at radius 3 is 2.29 bits per heavy atom. The van der Waals surface area contributed by atoms with E-state index in [1.165, 1.54) is 12.2 Å². The predicted octanol–water partition coefficient (Wildman–Crippen LogP) is 1.62. The highest BCUT2D eigenvalue weighted by Crippen LogP contribution is 2.16. The smallest absolute Gasteiger partial charge is 0.150 e. The van der Waals surface area contributed by atoms with E-state index >= 15 is 0 Å². The standard InChI is InChI=1S/C5H6F2/c6-4-2-1-3-5(4)7/h1-2,4-5H,3H2/t4-,5+/m1/s1. The third-order valence-electron chi connectivity index (χ3n) is 1.03. The fourth-order valence-corrected chi connectivity index (χ4v) is 0.589. The first-order valence-electron chi connectivity index (χ1n) is 2.25. The molecular formula is C5H6F2. The molecule has 7 heavy (non-hydrogen) atoms. The van der Waals surface area contributed by atoms with E-state index in [0.29, 0.717) is 0 Å². The predicted molar refractivity (Wildman–Crippen MR) is 23.5 cm³/mol. The van der Waals surface area contributed by atoms with Crippen LogP contribution >= 0.6 is 0 Å².